The molecule has 1 saturated carbocycles. The van der Waals surface area contributed by atoms with Gasteiger partial charge in [-0.1, -0.05) is 24.3 Å². The van der Waals surface area contributed by atoms with Gasteiger partial charge in [0.15, 0.2) is 11.5 Å². The fourth-order valence-electron chi connectivity index (χ4n) is 4.22. The zero-order chi connectivity index (χ0) is 23.2. The number of hydrogen-bond donors (Lipinski definition) is 2. The van der Waals surface area contributed by atoms with Crippen molar-refractivity contribution in [2.24, 2.45) is 0 Å². The van der Waals surface area contributed by atoms with E-state index in [9.17, 15) is 15.2 Å². The summed E-state index contributed by atoms with van der Waals surface area (Å²) in [5.41, 5.74) is 3.73. The normalized spacial score (nSPS) is 13.3. The Kier molecular flexibility index (Phi) is 6.80. The third-order valence-electron chi connectivity index (χ3n) is 5.86. The highest BCUT2D eigenvalue weighted by Gasteiger charge is 2.20. The number of carbonyl (C=O) groups is 1. The van der Waals surface area contributed by atoms with Crippen molar-refractivity contribution in [3.63, 3.8) is 0 Å². The molecule has 0 saturated heterocycles. The zero-order valence-corrected chi connectivity index (χ0v) is 18.5. The maximum absolute atomic E-state index is 12.0. The number of benzene rings is 3. The summed E-state index contributed by atoms with van der Waals surface area (Å²) >= 11 is 0. The number of ether oxygens (including phenoxy) is 2. The first kappa shape index (κ1) is 22.2. The molecular weight excluding hydrogens is 416 g/mol. The molecule has 6 heteroatoms. The maximum atomic E-state index is 12.0. The number of para-hydroxylation sites is 1. The number of nitriles is 1. The van der Waals surface area contributed by atoms with Gasteiger partial charge in [0, 0.05) is 11.8 Å². The summed E-state index contributed by atoms with van der Waals surface area (Å²) in [6, 6.07) is 20.2. The van der Waals surface area contributed by atoms with Crippen LogP contribution in [-0.4, -0.2) is 24.3 Å². The van der Waals surface area contributed by atoms with Crippen molar-refractivity contribution in [1.29, 1.82) is 5.26 Å². The Morgan fingerprint density at radius 1 is 1.09 bits per heavy atom. The van der Waals surface area contributed by atoms with Crippen LogP contribution in [0.5, 0.6) is 11.5 Å². The van der Waals surface area contributed by atoms with E-state index < -0.39 is 5.97 Å². The van der Waals surface area contributed by atoms with Crippen molar-refractivity contribution in [1.82, 2.24) is 0 Å². The lowest BCUT2D eigenvalue weighted by atomic mass is 9.98. The Bertz CT molecular complexity index is 1190. The van der Waals surface area contributed by atoms with Gasteiger partial charge in [-0.3, -0.25) is 0 Å². The molecule has 3 aromatic rings. The molecule has 0 aliphatic heterocycles. The topological polar surface area (TPSA) is 91.6 Å². The van der Waals surface area contributed by atoms with Gasteiger partial charge in [-0.15, -0.1) is 0 Å². The maximum Gasteiger partial charge on any atom is 0.337 e. The summed E-state index contributed by atoms with van der Waals surface area (Å²) in [6.45, 7) is 0. The number of anilines is 2. The number of rotatable bonds is 8. The van der Waals surface area contributed by atoms with Gasteiger partial charge in [-0.05, 0) is 73.6 Å². The largest absolute Gasteiger partial charge is 0.493 e. The third kappa shape index (κ3) is 5.27. The number of aromatic carboxylic acids is 1. The van der Waals surface area contributed by atoms with Crippen molar-refractivity contribution in [2.45, 2.75) is 38.2 Å². The van der Waals surface area contributed by atoms with Crippen LogP contribution in [0.3, 0.4) is 0 Å². The summed E-state index contributed by atoms with van der Waals surface area (Å²) in [5, 5.41) is 22.3. The average molecular weight is 443 g/mol. The SMILES string of the molecule is COc1ccc(Nc2c(Cc3cccc(C#N)c3)cccc2C(=O)O)cc1OC1CCCC1. The number of methoxy groups -OCH3 is 1. The van der Waals surface area contributed by atoms with E-state index in [1.807, 2.05) is 42.5 Å². The van der Waals surface area contributed by atoms with Gasteiger partial charge in [-0.2, -0.15) is 5.26 Å². The number of nitrogens with zero attached hydrogens (tertiary/aromatic N) is 1. The molecular formula is C27H26N2O4. The predicted octanol–water partition coefficient (Wildman–Crippen LogP) is 5.92. The lowest BCUT2D eigenvalue weighted by molar-refractivity contribution is 0.0698. The second-order valence-corrected chi connectivity index (χ2v) is 8.15. The molecule has 0 spiro atoms. The van der Waals surface area contributed by atoms with Crippen LogP contribution >= 0.6 is 0 Å². The summed E-state index contributed by atoms with van der Waals surface area (Å²) in [7, 11) is 1.61. The van der Waals surface area contributed by atoms with E-state index in [1.54, 1.807) is 25.3 Å². The molecule has 1 aliphatic rings. The van der Waals surface area contributed by atoms with Gasteiger partial charge < -0.3 is 19.9 Å². The zero-order valence-electron chi connectivity index (χ0n) is 18.5. The molecule has 0 radical (unpaired) electrons. The predicted molar refractivity (Wildman–Crippen MR) is 127 cm³/mol. The van der Waals surface area contributed by atoms with Crippen molar-refractivity contribution in [3.8, 4) is 17.6 Å². The summed E-state index contributed by atoms with van der Waals surface area (Å²) in [4.78, 5) is 12.0. The Morgan fingerprint density at radius 3 is 2.61 bits per heavy atom. The second kappa shape index (κ2) is 10.1. The smallest absolute Gasteiger partial charge is 0.337 e. The van der Waals surface area contributed by atoms with Gasteiger partial charge in [0.2, 0.25) is 0 Å². The van der Waals surface area contributed by atoms with Crippen molar-refractivity contribution >= 4 is 17.3 Å². The Labute approximate surface area is 193 Å². The fourth-order valence-corrected chi connectivity index (χ4v) is 4.22. The average Bonchev–Trinajstić information content (AvgIpc) is 3.33. The first-order valence-corrected chi connectivity index (χ1v) is 11.0. The van der Waals surface area contributed by atoms with E-state index in [0.717, 1.165) is 36.8 Å². The highest BCUT2D eigenvalue weighted by atomic mass is 16.5. The van der Waals surface area contributed by atoms with E-state index in [2.05, 4.69) is 11.4 Å². The molecule has 0 heterocycles. The molecule has 6 nitrogen and oxygen atoms in total. The molecule has 168 valence electrons. The molecule has 0 bridgehead atoms. The first-order chi connectivity index (χ1) is 16.1. The van der Waals surface area contributed by atoms with Crippen LogP contribution < -0.4 is 14.8 Å². The van der Waals surface area contributed by atoms with Gasteiger partial charge in [0.05, 0.1) is 36.1 Å². The van der Waals surface area contributed by atoms with E-state index in [1.165, 1.54) is 0 Å². The van der Waals surface area contributed by atoms with E-state index in [0.29, 0.717) is 34.9 Å². The van der Waals surface area contributed by atoms with Crippen LogP contribution in [0, 0.1) is 11.3 Å². The quantitative estimate of drug-likeness (QED) is 0.450. The van der Waals surface area contributed by atoms with Crippen LogP contribution in [0.25, 0.3) is 0 Å². The molecule has 1 aliphatic carbocycles. The Balaban J connectivity index is 1.68. The first-order valence-electron chi connectivity index (χ1n) is 11.0. The van der Waals surface area contributed by atoms with Crippen molar-refractivity contribution in [2.75, 3.05) is 12.4 Å². The summed E-state index contributed by atoms with van der Waals surface area (Å²) in [5.74, 6) is 0.277. The molecule has 1 fully saturated rings. The molecule has 3 aromatic carbocycles. The highest BCUT2D eigenvalue weighted by Crippen LogP contribution is 2.36. The van der Waals surface area contributed by atoms with Crippen LogP contribution in [0.2, 0.25) is 0 Å². The van der Waals surface area contributed by atoms with Crippen LogP contribution in [-0.2, 0) is 6.42 Å². The van der Waals surface area contributed by atoms with E-state index in [4.69, 9.17) is 9.47 Å². The standard InChI is InChI=1S/C27H26N2O4/c1-32-24-13-12-21(16-25(24)33-22-9-2-3-10-22)29-26-20(8-5-11-23(26)27(30)31)15-18-6-4-7-19(14-18)17-28/h4-8,11-14,16,22,29H,2-3,9-10,15H2,1H3,(H,30,31). The number of nitrogens with one attached hydrogen (secondary N) is 1. The molecule has 0 unspecified atom stereocenters. The van der Waals surface area contributed by atoms with Crippen LogP contribution in [0.4, 0.5) is 11.4 Å². The third-order valence-corrected chi connectivity index (χ3v) is 5.86. The number of hydrogen-bond acceptors (Lipinski definition) is 5. The highest BCUT2D eigenvalue weighted by molar-refractivity contribution is 5.96. The van der Waals surface area contributed by atoms with Gasteiger partial charge >= 0.3 is 5.97 Å². The molecule has 4 rings (SSSR count). The van der Waals surface area contributed by atoms with Crippen LogP contribution in [0.15, 0.2) is 60.7 Å². The second-order valence-electron chi connectivity index (χ2n) is 8.15. The Hall–Kier alpha value is -3.98. The summed E-state index contributed by atoms with van der Waals surface area (Å²) < 4.78 is 11.7. The fraction of sp³-hybridized carbons (Fsp3) is 0.259. The van der Waals surface area contributed by atoms with Crippen LogP contribution in [0.1, 0.15) is 52.7 Å². The minimum Gasteiger partial charge on any atom is -0.493 e. The Morgan fingerprint density at radius 2 is 1.88 bits per heavy atom. The number of carboxylic acids is 1. The van der Waals surface area contributed by atoms with Gasteiger partial charge in [0.1, 0.15) is 0 Å². The van der Waals surface area contributed by atoms with E-state index >= 15 is 0 Å². The minimum atomic E-state index is -1.01. The van der Waals surface area contributed by atoms with E-state index in [-0.39, 0.29) is 11.7 Å². The monoisotopic (exact) mass is 442 g/mol. The van der Waals surface area contributed by atoms with Crippen molar-refractivity contribution in [3.05, 3.63) is 82.9 Å². The van der Waals surface area contributed by atoms with Gasteiger partial charge in [-0.25, -0.2) is 4.79 Å². The molecule has 0 atom stereocenters. The molecule has 0 amide bonds. The lowest BCUT2D eigenvalue weighted by Crippen LogP contribution is -2.12. The molecule has 33 heavy (non-hydrogen) atoms. The molecule has 0 aromatic heterocycles. The molecule has 2 N–H and O–H groups in total. The number of carboxylic acid groups (broad SMARTS) is 1. The van der Waals surface area contributed by atoms with Crippen molar-refractivity contribution < 1.29 is 19.4 Å². The summed E-state index contributed by atoms with van der Waals surface area (Å²) in [6.07, 6.45) is 5.02. The van der Waals surface area contributed by atoms with Gasteiger partial charge in [0.25, 0.3) is 0 Å². The lowest BCUT2D eigenvalue weighted by Gasteiger charge is -2.19. The minimum absolute atomic E-state index is 0.170.